The van der Waals surface area contributed by atoms with E-state index in [4.69, 9.17) is 0 Å². The molecular weight excluding hydrogens is 470 g/mol. The van der Waals surface area contributed by atoms with Crippen LogP contribution in [0.4, 0.5) is 11.5 Å². The van der Waals surface area contributed by atoms with Crippen LogP contribution in [-0.4, -0.2) is 65.1 Å². The predicted molar refractivity (Wildman–Crippen MR) is 139 cm³/mol. The number of hydrogen-bond acceptors (Lipinski definition) is 7. The lowest BCUT2D eigenvalue weighted by Gasteiger charge is -2.34. The molecule has 0 aliphatic carbocycles. The molecule has 34 heavy (non-hydrogen) atoms. The number of piperidine rings is 1. The number of aliphatic hydroxyl groups is 1. The highest BCUT2D eigenvalue weighted by Crippen LogP contribution is 2.43. The van der Waals surface area contributed by atoms with E-state index in [-0.39, 0.29) is 18.3 Å². The molecule has 4 aliphatic rings. The first-order chi connectivity index (χ1) is 16.1. The second-order valence-corrected chi connectivity index (χ2v) is 10.4. The molecule has 6 rings (SSSR count). The van der Waals surface area contributed by atoms with Crippen LogP contribution in [0.5, 0.6) is 0 Å². The largest absolute Gasteiger partial charge is 0.370 e. The van der Waals surface area contributed by atoms with Gasteiger partial charge in [-0.1, -0.05) is 24.3 Å². The predicted octanol–water partition coefficient (Wildman–Crippen LogP) is 3.05. The number of fused-ring (bicyclic) bond motifs is 1. The van der Waals surface area contributed by atoms with Crippen LogP contribution in [0, 0.1) is 0 Å². The van der Waals surface area contributed by atoms with E-state index < -0.39 is 6.23 Å². The highest BCUT2D eigenvalue weighted by Gasteiger charge is 2.36. The summed E-state index contributed by atoms with van der Waals surface area (Å²) in [5.41, 5.74) is 4.79. The monoisotopic (exact) mass is 499 g/mol. The van der Waals surface area contributed by atoms with Crippen LogP contribution in [0.2, 0.25) is 0 Å². The topological polar surface area (TPSA) is 80.7 Å². The Labute approximate surface area is 210 Å². The van der Waals surface area contributed by atoms with Gasteiger partial charge in [-0.25, -0.2) is 4.98 Å². The smallest absolute Gasteiger partial charge is 0.235 e. The van der Waals surface area contributed by atoms with Crippen molar-refractivity contribution < 1.29 is 9.90 Å². The van der Waals surface area contributed by atoms with Gasteiger partial charge >= 0.3 is 0 Å². The van der Waals surface area contributed by atoms with Gasteiger partial charge in [-0.2, -0.15) is 0 Å². The Kier molecular flexibility index (Phi) is 6.86. The Morgan fingerprint density at radius 1 is 1.21 bits per heavy atom. The number of carbonyl (C=O) groups excluding carboxylic acids is 1. The standard InChI is InChI=1S/C25H29N5O2S.ClH/c31-22-15-33-21-6-5-19(27-25(21)28-22)12-26-18-8-10-29(11-9-18)13-17-14-30-23(32)7-4-16-2-1-3-20(17)24(16)30;/h1-7,17-18,23,26,32H,8-15H2,(H,27,28,31);1H. The summed E-state index contributed by atoms with van der Waals surface area (Å²) in [7, 11) is 0. The Balaban J connectivity index is 0.00000241. The van der Waals surface area contributed by atoms with Crippen LogP contribution in [0.3, 0.4) is 0 Å². The fourth-order valence-electron chi connectivity index (χ4n) is 5.48. The van der Waals surface area contributed by atoms with Crippen molar-refractivity contribution in [3.05, 3.63) is 53.2 Å². The van der Waals surface area contributed by atoms with Crippen LogP contribution in [-0.2, 0) is 11.3 Å². The fraction of sp³-hybridized carbons (Fsp3) is 0.440. The van der Waals surface area contributed by atoms with E-state index in [1.165, 1.54) is 16.8 Å². The van der Waals surface area contributed by atoms with Crippen molar-refractivity contribution in [2.24, 2.45) is 0 Å². The lowest BCUT2D eigenvalue weighted by Crippen LogP contribution is -2.44. The number of nitrogens with one attached hydrogen (secondary N) is 2. The van der Waals surface area contributed by atoms with E-state index in [9.17, 15) is 9.90 Å². The van der Waals surface area contributed by atoms with Crippen LogP contribution in [0.15, 0.2) is 41.3 Å². The molecule has 0 radical (unpaired) electrons. The molecule has 5 heterocycles. The highest BCUT2D eigenvalue weighted by molar-refractivity contribution is 8.00. The summed E-state index contributed by atoms with van der Waals surface area (Å²) in [5.74, 6) is 1.62. The molecule has 2 aromatic rings. The van der Waals surface area contributed by atoms with Crippen molar-refractivity contribution in [3.63, 3.8) is 0 Å². The quantitative estimate of drug-likeness (QED) is 0.583. The van der Waals surface area contributed by atoms with Crippen molar-refractivity contribution in [2.45, 2.75) is 42.5 Å². The van der Waals surface area contributed by atoms with Gasteiger partial charge in [0.1, 0.15) is 12.0 Å². The summed E-state index contributed by atoms with van der Waals surface area (Å²) >= 11 is 1.55. The molecule has 2 atom stereocenters. The third kappa shape index (κ3) is 4.57. The molecule has 1 aromatic heterocycles. The van der Waals surface area contributed by atoms with Crippen LogP contribution in [0.25, 0.3) is 6.08 Å². The Morgan fingerprint density at radius 2 is 2.06 bits per heavy atom. The summed E-state index contributed by atoms with van der Waals surface area (Å²) in [6.45, 7) is 4.80. The minimum atomic E-state index is -0.511. The van der Waals surface area contributed by atoms with Gasteiger partial charge in [0.05, 0.1) is 16.3 Å². The zero-order valence-electron chi connectivity index (χ0n) is 18.9. The molecule has 4 aliphatic heterocycles. The van der Waals surface area contributed by atoms with Gasteiger partial charge < -0.3 is 25.5 Å². The number of amides is 1. The lowest BCUT2D eigenvalue weighted by atomic mass is 9.96. The number of carbonyl (C=O) groups is 1. The fourth-order valence-corrected chi connectivity index (χ4v) is 6.23. The van der Waals surface area contributed by atoms with Gasteiger partial charge in [0.2, 0.25) is 5.91 Å². The summed E-state index contributed by atoms with van der Waals surface area (Å²) in [6, 6.07) is 11.1. The molecule has 2 unspecified atom stereocenters. The minimum Gasteiger partial charge on any atom is -0.370 e. The summed E-state index contributed by atoms with van der Waals surface area (Å²) in [5, 5.41) is 17.0. The maximum absolute atomic E-state index is 11.6. The summed E-state index contributed by atoms with van der Waals surface area (Å²) in [4.78, 5) is 22.0. The Bertz CT molecular complexity index is 1100. The van der Waals surface area contributed by atoms with E-state index in [2.05, 4.69) is 55.7 Å². The van der Waals surface area contributed by atoms with Gasteiger partial charge in [0, 0.05) is 37.3 Å². The van der Waals surface area contributed by atoms with E-state index in [0.29, 0.717) is 23.5 Å². The molecule has 1 aromatic carbocycles. The second-order valence-electron chi connectivity index (χ2n) is 9.35. The number of benzene rings is 1. The molecule has 7 nitrogen and oxygen atoms in total. The van der Waals surface area contributed by atoms with Crippen LogP contribution >= 0.6 is 24.2 Å². The zero-order valence-corrected chi connectivity index (χ0v) is 20.6. The number of thioether (sulfide) groups is 1. The number of hydrogen-bond donors (Lipinski definition) is 3. The number of aliphatic hydroxyl groups excluding tert-OH is 1. The van der Waals surface area contributed by atoms with Crippen molar-refractivity contribution in [3.8, 4) is 0 Å². The van der Waals surface area contributed by atoms with E-state index in [1.807, 2.05) is 12.2 Å². The first-order valence-electron chi connectivity index (χ1n) is 11.8. The average molecular weight is 500 g/mol. The zero-order chi connectivity index (χ0) is 22.4. The van der Waals surface area contributed by atoms with Crippen LogP contribution < -0.4 is 15.5 Å². The average Bonchev–Trinajstić information content (AvgIpc) is 3.21. The molecule has 0 saturated carbocycles. The number of halogens is 1. The first kappa shape index (κ1) is 23.6. The number of para-hydroxylation sites is 1. The van der Waals surface area contributed by atoms with Crippen molar-refractivity contribution in [2.75, 3.05) is 42.1 Å². The third-order valence-corrected chi connectivity index (χ3v) is 8.23. The number of rotatable bonds is 5. The molecule has 1 saturated heterocycles. The third-order valence-electron chi connectivity index (χ3n) is 7.18. The maximum Gasteiger partial charge on any atom is 0.235 e. The van der Waals surface area contributed by atoms with Crippen molar-refractivity contribution >= 4 is 47.7 Å². The van der Waals surface area contributed by atoms with Gasteiger partial charge in [-0.15, -0.1) is 24.2 Å². The van der Waals surface area contributed by atoms with E-state index in [0.717, 1.165) is 56.2 Å². The number of aromatic nitrogens is 1. The number of likely N-dealkylation sites (tertiary alicyclic amines) is 1. The molecular formula is C25H30ClN5O2S. The Morgan fingerprint density at radius 3 is 2.91 bits per heavy atom. The van der Waals surface area contributed by atoms with E-state index in [1.54, 1.807) is 11.8 Å². The van der Waals surface area contributed by atoms with Gasteiger partial charge in [0.25, 0.3) is 0 Å². The summed E-state index contributed by atoms with van der Waals surface area (Å²) < 4.78 is 0. The van der Waals surface area contributed by atoms with Crippen molar-refractivity contribution in [1.29, 1.82) is 0 Å². The lowest BCUT2D eigenvalue weighted by molar-refractivity contribution is -0.113. The first-order valence-corrected chi connectivity index (χ1v) is 12.8. The normalized spacial score (nSPS) is 23.8. The Hall–Kier alpha value is -2.10. The van der Waals surface area contributed by atoms with Crippen LogP contribution in [0.1, 0.15) is 35.6 Å². The second kappa shape index (κ2) is 9.87. The number of nitrogens with zero attached hydrogens (tertiary/aromatic N) is 3. The number of anilines is 2. The molecule has 0 spiro atoms. The SMILES string of the molecule is Cl.O=C1CSc2ccc(CNC3CCN(CC4CN5c6c(cccc64)C=CC5O)CC3)nc2N1. The molecule has 0 bridgehead atoms. The minimum absolute atomic E-state index is 0. The highest BCUT2D eigenvalue weighted by atomic mass is 35.5. The molecule has 1 fully saturated rings. The number of pyridine rings is 1. The maximum atomic E-state index is 11.6. The van der Waals surface area contributed by atoms with Gasteiger partial charge in [-0.3, -0.25) is 4.79 Å². The molecule has 9 heteroatoms. The molecule has 1 amide bonds. The van der Waals surface area contributed by atoms with Gasteiger partial charge in [-0.05, 0) is 55.3 Å². The van der Waals surface area contributed by atoms with E-state index >= 15 is 0 Å². The van der Waals surface area contributed by atoms with Gasteiger partial charge in [0.15, 0.2) is 0 Å². The molecule has 3 N–H and O–H groups in total. The molecule has 180 valence electrons. The van der Waals surface area contributed by atoms with Crippen molar-refractivity contribution in [1.82, 2.24) is 15.2 Å². The summed E-state index contributed by atoms with van der Waals surface area (Å²) in [6.07, 6.45) is 5.65.